The van der Waals surface area contributed by atoms with Crippen LogP contribution in [-0.4, -0.2) is 73.3 Å². The number of nitrogens with zero attached hydrogens (tertiary/aromatic N) is 2. The van der Waals surface area contributed by atoms with Gasteiger partial charge in [0.2, 0.25) is 5.91 Å². The quantitative estimate of drug-likeness (QED) is 0.668. The molecule has 2 saturated heterocycles. The van der Waals surface area contributed by atoms with E-state index in [4.69, 9.17) is 4.74 Å². The van der Waals surface area contributed by atoms with Crippen LogP contribution in [0.5, 0.6) is 5.75 Å². The van der Waals surface area contributed by atoms with E-state index in [0.717, 1.165) is 4.90 Å². The maximum absolute atomic E-state index is 13.4. The van der Waals surface area contributed by atoms with Gasteiger partial charge in [-0.2, -0.15) is 0 Å². The van der Waals surface area contributed by atoms with Crippen LogP contribution in [0.25, 0.3) is 0 Å². The van der Waals surface area contributed by atoms with Crippen molar-refractivity contribution < 1.29 is 27.5 Å². The normalized spacial score (nSPS) is 26.7. The van der Waals surface area contributed by atoms with Crippen LogP contribution in [0, 0.1) is 5.92 Å². The lowest BCUT2D eigenvalue weighted by Gasteiger charge is -2.33. The monoisotopic (exact) mass is 449 g/mol. The van der Waals surface area contributed by atoms with Crippen molar-refractivity contribution in [1.82, 2.24) is 15.1 Å². The molecule has 3 heterocycles. The van der Waals surface area contributed by atoms with Crippen LogP contribution >= 0.6 is 0 Å². The summed E-state index contributed by atoms with van der Waals surface area (Å²) in [6.45, 7) is 4.09. The van der Waals surface area contributed by atoms with Gasteiger partial charge in [0.25, 0.3) is 5.91 Å². The Balaban J connectivity index is 1.57. The minimum atomic E-state index is -3.18. The number of carbonyl (C=O) groups excluding carboxylic acids is 3. The fourth-order valence-electron chi connectivity index (χ4n) is 4.61. The van der Waals surface area contributed by atoms with Crippen LogP contribution in [0.15, 0.2) is 24.3 Å². The Morgan fingerprint density at radius 1 is 1.32 bits per heavy atom. The number of nitrogens with one attached hydrogen (secondary N) is 1. The smallest absolute Gasteiger partial charge is 0.325 e. The highest BCUT2D eigenvalue weighted by atomic mass is 32.2. The number of hydrogen-bond acceptors (Lipinski definition) is 6. The molecule has 3 aliphatic heterocycles. The summed E-state index contributed by atoms with van der Waals surface area (Å²) in [4.78, 5) is 41.8. The number of rotatable bonds is 5. The number of benzene rings is 1. The van der Waals surface area contributed by atoms with Gasteiger partial charge < -0.3 is 15.0 Å². The SMILES string of the molecule is CC(C)CN(C(=O)CN1C(=O)N[C@]2(CCOc3ccccc32)C1=O)[C@H]1CCS(=O)(=O)C1. The zero-order valence-corrected chi connectivity index (χ0v) is 18.5. The summed E-state index contributed by atoms with van der Waals surface area (Å²) in [7, 11) is -3.18. The molecule has 0 bridgehead atoms. The van der Waals surface area contributed by atoms with Gasteiger partial charge in [0, 0.05) is 24.6 Å². The molecule has 9 nitrogen and oxygen atoms in total. The zero-order chi connectivity index (χ0) is 22.4. The lowest BCUT2D eigenvalue weighted by atomic mass is 9.84. The molecule has 1 N–H and O–H groups in total. The number of ether oxygens (including phenoxy) is 1. The Morgan fingerprint density at radius 3 is 2.74 bits per heavy atom. The highest BCUT2D eigenvalue weighted by Gasteiger charge is 2.55. The molecule has 1 aromatic rings. The van der Waals surface area contributed by atoms with E-state index in [0.29, 0.717) is 24.3 Å². The molecule has 31 heavy (non-hydrogen) atoms. The molecule has 0 aromatic heterocycles. The third-order valence-electron chi connectivity index (χ3n) is 6.08. The fourth-order valence-corrected chi connectivity index (χ4v) is 6.34. The van der Waals surface area contributed by atoms with E-state index in [1.54, 1.807) is 24.3 Å². The summed E-state index contributed by atoms with van der Waals surface area (Å²) in [6, 6.07) is 5.99. The number of sulfone groups is 1. The van der Waals surface area contributed by atoms with Gasteiger partial charge in [-0.1, -0.05) is 32.0 Å². The average Bonchev–Trinajstić information content (AvgIpc) is 3.18. The number of fused-ring (bicyclic) bond motifs is 2. The van der Waals surface area contributed by atoms with E-state index < -0.39 is 45.8 Å². The van der Waals surface area contributed by atoms with Crippen LogP contribution < -0.4 is 10.1 Å². The molecule has 10 heteroatoms. The number of para-hydroxylation sites is 1. The molecule has 3 aliphatic rings. The summed E-state index contributed by atoms with van der Waals surface area (Å²) >= 11 is 0. The van der Waals surface area contributed by atoms with Gasteiger partial charge in [0.1, 0.15) is 12.3 Å². The summed E-state index contributed by atoms with van der Waals surface area (Å²) < 4.78 is 29.5. The Bertz CT molecular complexity index is 1020. The molecule has 0 aliphatic carbocycles. The van der Waals surface area contributed by atoms with E-state index >= 15 is 0 Å². The maximum atomic E-state index is 13.4. The minimum absolute atomic E-state index is 0.0442. The topological polar surface area (TPSA) is 113 Å². The van der Waals surface area contributed by atoms with Crippen molar-refractivity contribution in [3.8, 4) is 5.75 Å². The van der Waals surface area contributed by atoms with Gasteiger partial charge in [0.05, 0.1) is 18.1 Å². The zero-order valence-electron chi connectivity index (χ0n) is 17.7. The van der Waals surface area contributed by atoms with Gasteiger partial charge in [-0.3, -0.25) is 14.5 Å². The van der Waals surface area contributed by atoms with Crippen molar-refractivity contribution >= 4 is 27.7 Å². The number of carbonyl (C=O) groups is 3. The first-order valence-electron chi connectivity index (χ1n) is 10.5. The lowest BCUT2D eigenvalue weighted by molar-refractivity contribution is -0.141. The molecule has 2 fully saturated rings. The summed E-state index contributed by atoms with van der Waals surface area (Å²) in [5.41, 5.74) is -0.665. The van der Waals surface area contributed by atoms with Crippen LogP contribution in [-0.2, 0) is 25.0 Å². The van der Waals surface area contributed by atoms with Crippen molar-refractivity contribution in [3.05, 3.63) is 29.8 Å². The molecule has 0 saturated carbocycles. The van der Waals surface area contributed by atoms with Crippen molar-refractivity contribution in [2.75, 3.05) is 31.2 Å². The van der Waals surface area contributed by atoms with E-state index in [1.807, 2.05) is 13.8 Å². The second-order valence-electron chi connectivity index (χ2n) is 8.82. The molecule has 4 rings (SSSR count). The molecular weight excluding hydrogens is 422 g/mol. The average molecular weight is 450 g/mol. The summed E-state index contributed by atoms with van der Waals surface area (Å²) in [6.07, 6.45) is 0.644. The Morgan fingerprint density at radius 2 is 2.06 bits per heavy atom. The molecule has 0 radical (unpaired) electrons. The lowest BCUT2D eigenvalue weighted by Crippen LogP contribution is -2.50. The second kappa shape index (κ2) is 7.81. The van der Waals surface area contributed by atoms with E-state index in [-0.39, 0.29) is 30.5 Å². The molecule has 168 valence electrons. The van der Waals surface area contributed by atoms with Crippen molar-refractivity contribution in [3.63, 3.8) is 0 Å². The van der Waals surface area contributed by atoms with Gasteiger partial charge in [-0.15, -0.1) is 0 Å². The number of amides is 4. The number of hydrogen-bond donors (Lipinski definition) is 1. The second-order valence-corrected chi connectivity index (χ2v) is 11.0. The highest BCUT2D eigenvalue weighted by Crippen LogP contribution is 2.41. The van der Waals surface area contributed by atoms with Gasteiger partial charge in [0.15, 0.2) is 15.4 Å². The third kappa shape index (κ3) is 3.88. The van der Waals surface area contributed by atoms with Crippen molar-refractivity contribution in [2.45, 2.75) is 38.3 Å². The van der Waals surface area contributed by atoms with Gasteiger partial charge in [-0.25, -0.2) is 13.2 Å². The molecule has 2 atom stereocenters. The standard InChI is InChI=1S/C21H27N3O6S/c1-14(2)11-23(15-7-10-31(28,29)13-15)18(25)12-24-19(26)21(22-20(24)27)8-9-30-17-6-4-3-5-16(17)21/h3-6,14-15H,7-13H2,1-2H3,(H,22,27)/t15-,21-/m0/s1. The number of imide groups is 1. The number of urea groups is 1. The van der Waals surface area contributed by atoms with Crippen LogP contribution in [0.3, 0.4) is 0 Å². The predicted molar refractivity (Wildman–Crippen MR) is 112 cm³/mol. The summed E-state index contributed by atoms with van der Waals surface area (Å²) in [5, 5.41) is 2.78. The molecule has 1 aromatic carbocycles. The Kier molecular flexibility index (Phi) is 5.45. The van der Waals surface area contributed by atoms with Crippen LogP contribution in [0.4, 0.5) is 4.79 Å². The largest absolute Gasteiger partial charge is 0.493 e. The minimum Gasteiger partial charge on any atom is -0.493 e. The first kappa shape index (κ1) is 21.6. The Hall–Kier alpha value is -2.62. The van der Waals surface area contributed by atoms with Crippen molar-refractivity contribution in [2.24, 2.45) is 5.92 Å². The van der Waals surface area contributed by atoms with Crippen LogP contribution in [0.1, 0.15) is 32.3 Å². The predicted octanol–water partition coefficient (Wildman–Crippen LogP) is 0.888. The van der Waals surface area contributed by atoms with Gasteiger partial charge >= 0.3 is 6.03 Å². The van der Waals surface area contributed by atoms with Crippen LogP contribution in [0.2, 0.25) is 0 Å². The third-order valence-corrected chi connectivity index (χ3v) is 7.83. The maximum Gasteiger partial charge on any atom is 0.325 e. The van der Waals surface area contributed by atoms with E-state index in [2.05, 4.69) is 5.32 Å². The molecule has 0 unspecified atom stereocenters. The highest BCUT2D eigenvalue weighted by molar-refractivity contribution is 7.91. The summed E-state index contributed by atoms with van der Waals surface area (Å²) in [5.74, 6) is -0.290. The Labute approximate surface area is 181 Å². The first-order valence-corrected chi connectivity index (χ1v) is 12.3. The molecule has 4 amide bonds. The van der Waals surface area contributed by atoms with E-state index in [1.165, 1.54) is 4.90 Å². The molecular formula is C21H27N3O6S. The van der Waals surface area contributed by atoms with Gasteiger partial charge in [-0.05, 0) is 18.4 Å². The van der Waals surface area contributed by atoms with Crippen molar-refractivity contribution in [1.29, 1.82) is 0 Å². The fraction of sp³-hybridized carbons (Fsp3) is 0.571. The van der Waals surface area contributed by atoms with E-state index in [9.17, 15) is 22.8 Å². The first-order chi connectivity index (χ1) is 14.6. The molecule has 1 spiro atoms.